The highest BCUT2D eigenvalue weighted by atomic mass is 32.1. The standard InChI is InChI=1S/C32H44N4O2S/c1-8-13-23(9-2)21-35(7)32(38)28(18-22(5)6)34-31(37)24-15-16-29-27(19-24)33-30(20-26-14-12-17-39-26)36(29)25(10-3)11-4/h8-9,12-17,19,22,25,28H,10-11,18,20-21H2,1-7H3,(H,34,37)/b13-8-,23-9+/t28-/m0/s1. The molecule has 0 aliphatic heterocycles. The smallest absolute Gasteiger partial charge is 0.252 e. The van der Waals surface area contributed by atoms with Gasteiger partial charge in [0.2, 0.25) is 5.91 Å². The normalized spacial score (nSPS) is 13.1. The maximum Gasteiger partial charge on any atom is 0.252 e. The van der Waals surface area contributed by atoms with Crippen molar-refractivity contribution >= 4 is 34.2 Å². The summed E-state index contributed by atoms with van der Waals surface area (Å²) in [6, 6.07) is 9.69. The van der Waals surface area contributed by atoms with Gasteiger partial charge >= 0.3 is 0 Å². The van der Waals surface area contributed by atoms with Gasteiger partial charge in [-0.3, -0.25) is 9.59 Å². The fraction of sp³-hybridized carbons (Fsp3) is 0.469. The van der Waals surface area contributed by atoms with Crippen LogP contribution in [0.3, 0.4) is 0 Å². The van der Waals surface area contributed by atoms with E-state index in [2.05, 4.69) is 55.1 Å². The third kappa shape index (κ3) is 7.69. The van der Waals surface area contributed by atoms with E-state index in [9.17, 15) is 9.59 Å². The van der Waals surface area contributed by atoms with Gasteiger partial charge < -0.3 is 14.8 Å². The Balaban J connectivity index is 1.89. The van der Waals surface area contributed by atoms with Gasteiger partial charge in [-0.05, 0) is 74.2 Å². The molecule has 0 fully saturated rings. The molecule has 0 bridgehead atoms. The fourth-order valence-electron chi connectivity index (χ4n) is 5.05. The number of thiophene rings is 1. The second-order valence-corrected chi connectivity index (χ2v) is 11.6. The molecule has 1 aromatic carbocycles. The zero-order valence-corrected chi connectivity index (χ0v) is 25.3. The van der Waals surface area contributed by atoms with Gasteiger partial charge in [-0.2, -0.15) is 0 Å². The van der Waals surface area contributed by atoms with E-state index in [1.54, 1.807) is 23.3 Å². The molecule has 1 N–H and O–H groups in total. The van der Waals surface area contributed by atoms with Gasteiger partial charge in [0.15, 0.2) is 0 Å². The first-order valence-electron chi connectivity index (χ1n) is 14.1. The van der Waals surface area contributed by atoms with Crippen LogP contribution in [0.1, 0.15) is 87.9 Å². The van der Waals surface area contributed by atoms with Crippen molar-refractivity contribution in [2.75, 3.05) is 13.6 Å². The molecule has 210 valence electrons. The van der Waals surface area contributed by atoms with E-state index in [1.807, 2.05) is 50.3 Å². The van der Waals surface area contributed by atoms with Crippen molar-refractivity contribution < 1.29 is 9.59 Å². The summed E-state index contributed by atoms with van der Waals surface area (Å²) in [6.07, 6.45) is 9.33. The molecule has 0 spiro atoms. The number of aromatic nitrogens is 2. The number of carbonyl (C=O) groups is 2. The fourth-order valence-corrected chi connectivity index (χ4v) is 5.75. The molecule has 0 radical (unpaired) electrons. The molecule has 0 unspecified atom stereocenters. The molecule has 6 nitrogen and oxygen atoms in total. The minimum atomic E-state index is -0.599. The summed E-state index contributed by atoms with van der Waals surface area (Å²) >= 11 is 1.73. The molecule has 39 heavy (non-hydrogen) atoms. The lowest BCUT2D eigenvalue weighted by atomic mass is 10.0. The van der Waals surface area contributed by atoms with Crippen molar-refractivity contribution in [3.05, 3.63) is 75.8 Å². The van der Waals surface area contributed by atoms with E-state index < -0.39 is 6.04 Å². The van der Waals surface area contributed by atoms with Gasteiger partial charge in [-0.15, -0.1) is 11.3 Å². The molecule has 1 atom stereocenters. The Morgan fingerprint density at radius 1 is 1.15 bits per heavy atom. The van der Waals surface area contributed by atoms with Crippen molar-refractivity contribution in [1.29, 1.82) is 0 Å². The number of carbonyl (C=O) groups excluding carboxylic acids is 2. The number of allylic oxidation sites excluding steroid dienone is 2. The Morgan fingerprint density at radius 2 is 1.90 bits per heavy atom. The number of hydrogen-bond donors (Lipinski definition) is 1. The van der Waals surface area contributed by atoms with Crippen LogP contribution in [0.15, 0.2) is 59.5 Å². The zero-order chi connectivity index (χ0) is 28.5. The average Bonchev–Trinajstić information content (AvgIpc) is 3.55. The predicted octanol–water partition coefficient (Wildman–Crippen LogP) is 7.18. The van der Waals surface area contributed by atoms with E-state index in [0.717, 1.165) is 41.7 Å². The monoisotopic (exact) mass is 548 g/mol. The van der Waals surface area contributed by atoms with Crippen molar-refractivity contribution in [2.24, 2.45) is 5.92 Å². The quantitative estimate of drug-likeness (QED) is 0.230. The van der Waals surface area contributed by atoms with Gasteiger partial charge in [0.25, 0.3) is 5.91 Å². The Bertz CT molecular complexity index is 1300. The third-order valence-electron chi connectivity index (χ3n) is 7.10. The summed E-state index contributed by atoms with van der Waals surface area (Å²) in [6.45, 7) is 13.0. The molecule has 0 saturated carbocycles. The number of rotatable bonds is 13. The van der Waals surface area contributed by atoms with Crippen LogP contribution in [0.2, 0.25) is 0 Å². The van der Waals surface area contributed by atoms with E-state index >= 15 is 0 Å². The van der Waals surface area contributed by atoms with E-state index in [-0.39, 0.29) is 17.7 Å². The Labute approximate surface area is 237 Å². The molecule has 0 aliphatic carbocycles. The first-order valence-corrected chi connectivity index (χ1v) is 15.0. The molecule has 3 rings (SSSR count). The second-order valence-electron chi connectivity index (χ2n) is 10.5. The van der Waals surface area contributed by atoms with Crippen molar-refractivity contribution in [3.63, 3.8) is 0 Å². The molecule has 2 aromatic heterocycles. The van der Waals surface area contributed by atoms with Crippen LogP contribution in [0.4, 0.5) is 0 Å². The molecule has 0 saturated heterocycles. The maximum atomic E-state index is 13.4. The van der Waals surface area contributed by atoms with E-state index in [0.29, 0.717) is 24.6 Å². The maximum absolute atomic E-state index is 13.4. The third-order valence-corrected chi connectivity index (χ3v) is 7.98. The summed E-state index contributed by atoms with van der Waals surface area (Å²) in [5.74, 6) is 0.940. The van der Waals surface area contributed by atoms with Crippen LogP contribution < -0.4 is 5.32 Å². The van der Waals surface area contributed by atoms with Crippen molar-refractivity contribution in [1.82, 2.24) is 19.8 Å². The van der Waals surface area contributed by atoms with Crippen molar-refractivity contribution in [2.45, 2.75) is 79.3 Å². The highest BCUT2D eigenvalue weighted by Gasteiger charge is 2.26. The number of benzene rings is 1. The lowest BCUT2D eigenvalue weighted by Gasteiger charge is -2.26. The SMILES string of the molecule is C/C=C\C(=C/C)CN(C)C(=O)[C@H](CC(C)C)NC(=O)c1ccc2c(c1)nc(Cc1cccs1)n2C(CC)CC. The summed E-state index contributed by atoms with van der Waals surface area (Å²) in [5.41, 5.74) is 3.43. The number of nitrogens with one attached hydrogen (secondary N) is 1. The topological polar surface area (TPSA) is 67.2 Å². The highest BCUT2D eigenvalue weighted by molar-refractivity contribution is 7.09. The minimum Gasteiger partial charge on any atom is -0.340 e. The van der Waals surface area contributed by atoms with Gasteiger partial charge in [-0.25, -0.2) is 4.98 Å². The van der Waals surface area contributed by atoms with Crippen LogP contribution in [0, 0.1) is 5.92 Å². The molecule has 7 heteroatoms. The number of nitrogens with zero attached hydrogens (tertiary/aromatic N) is 3. The first kappa shape index (κ1) is 30.4. The first-order chi connectivity index (χ1) is 18.7. The molecule has 3 aromatic rings. The lowest BCUT2D eigenvalue weighted by Crippen LogP contribution is -2.48. The molecular weight excluding hydrogens is 504 g/mol. The average molecular weight is 549 g/mol. The molecular formula is C32H44N4O2S. The molecule has 2 heterocycles. The van der Waals surface area contributed by atoms with Crippen LogP contribution in [0.5, 0.6) is 0 Å². The van der Waals surface area contributed by atoms with E-state index in [1.165, 1.54) is 4.88 Å². The lowest BCUT2D eigenvalue weighted by molar-refractivity contribution is -0.131. The highest BCUT2D eigenvalue weighted by Crippen LogP contribution is 2.28. The van der Waals surface area contributed by atoms with Crippen LogP contribution >= 0.6 is 11.3 Å². The molecule has 2 amide bonds. The number of hydrogen-bond acceptors (Lipinski definition) is 4. The van der Waals surface area contributed by atoms with Crippen LogP contribution in [0.25, 0.3) is 11.0 Å². The van der Waals surface area contributed by atoms with Gasteiger partial charge in [0, 0.05) is 36.5 Å². The number of fused-ring (bicyclic) bond motifs is 1. The Kier molecular flexibility index (Phi) is 11.1. The summed E-state index contributed by atoms with van der Waals surface area (Å²) < 4.78 is 2.35. The second kappa shape index (κ2) is 14.3. The summed E-state index contributed by atoms with van der Waals surface area (Å²) in [5, 5.41) is 5.13. The van der Waals surface area contributed by atoms with Gasteiger partial charge in [0.1, 0.15) is 11.9 Å². The Hall–Kier alpha value is -3.19. The molecule has 0 aliphatic rings. The largest absolute Gasteiger partial charge is 0.340 e. The number of likely N-dealkylation sites (N-methyl/N-ethyl adjacent to an activating group) is 1. The summed E-state index contributed by atoms with van der Waals surface area (Å²) in [4.78, 5) is 34.8. The van der Waals surface area contributed by atoms with Crippen LogP contribution in [-0.4, -0.2) is 45.9 Å². The van der Waals surface area contributed by atoms with Crippen LogP contribution in [-0.2, 0) is 11.2 Å². The van der Waals surface area contributed by atoms with Crippen molar-refractivity contribution in [3.8, 4) is 0 Å². The number of imidazole rings is 1. The minimum absolute atomic E-state index is 0.0850. The zero-order valence-electron chi connectivity index (χ0n) is 24.5. The van der Waals surface area contributed by atoms with Gasteiger partial charge in [-0.1, -0.05) is 52.0 Å². The van der Waals surface area contributed by atoms with Gasteiger partial charge in [0.05, 0.1) is 11.0 Å². The Morgan fingerprint density at radius 3 is 2.49 bits per heavy atom. The van der Waals surface area contributed by atoms with E-state index in [4.69, 9.17) is 4.98 Å². The number of amides is 2. The predicted molar refractivity (Wildman–Crippen MR) is 163 cm³/mol. The summed E-state index contributed by atoms with van der Waals surface area (Å²) in [7, 11) is 1.79.